The molecular formula is C24H14ClF4N3O5. The summed E-state index contributed by atoms with van der Waals surface area (Å²) in [5.74, 6) is -2.19. The van der Waals surface area contributed by atoms with Crippen molar-refractivity contribution in [3.8, 4) is 23.3 Å². The molecule has 37 heavy (non-hydrogen) atoms. The topological polar surface area (TPSA) is 114 Å². The van der Waals surface area contributed by atoms with Crippen LogP contribution < -0.4 is 14.8 Å². The average Bonchev–Trinajstić information content (AvgIpc) is 2.84. The molecule has 3 aromatic carbocycles. The number of nitriles is 1. The first kappa shape index (κ1) is 27.0. The Bertz CT molecular complexity index is 1430. The van der Waals surface area contributed by atoms with Gasteiger partial charge in [0.1, 0.15) is 17.5 Å². The molecule has 0 aromatic heterocycles. The van der Waals surface area contributed by atoms with Crippen molar-refractivity contribution in [3.63, 3.8) is 0 Å². The normalized spacial score (nSPS) is 11.4. The molecule has 0 saturated carbocycles. The maximum absolute atomic E-state index is 13.1. The zero-order valence-corrected chi connectivity index (χ0v) is 19.4. The van der Waals surface area contributed by atoms with Gasteiger partial charge in [0, 0.05) is 11.8 Å². The Labute approximate surface area is 211 Å². The van der Waals surface area contributed by atoms with Crippen LogP contribution in [0, 0.1) is 27.3 Å². The molecule has 0 fully saturated rings. The molecule has 0 saturated heterocycles. The minimum atomic E-state index is -4.81. The number of carbonyl (C=O) groups is 1. The van der Waals surface area contributed by atoms with E-state index in [2.05, 4.69) is 5.32 Å². The van der Waals surface area contributed by atoms with Crippen LogP contribution in [0.3, 0.4) is 0 Å². The van der Waals surface area contributed by atoms with E-state index >= 15 is 0 Å². The Balaban J connectivity index is 1.94. The van der Waals surface area contributed by atoms with E-state index in [0.717, 1.165) is 24.3 Å². The smallest absolute Gasteiger partial charge is 0.416 e. The Kier molecular flexibility index (Phi) is 7.99. The molecule has 190 valence electrons. The standard InChI is InChI=1S/C24H14ClF4N3O5/c1-36-21-10-13(8-14(12-30)23(33)31-17-5-3-16(26)4-6-17)9-18(25)22(21)37-20-7-2-15(24(27,28)29)11-19(20)32(34)35/h2-11H,1H3,(H,31,33)/b14-8+. The van der Waals surface area contributed by atoms with Gasteiger partial charge in [0.05, 0.1) is 22.6 Å². The van der Waals surface area contributed by atoms with Gasteiger partial charge in [0.15, 0.2) is 11.5 Å². The number of benzene rings is 3. The van der Waals surface area contributed by atoms with Crippen LogP contribution in [-0.4, -0.2) is 17.9 Å². The number of nitro groups is 1. The van der Waals surface area contributed by atoms with Crippen molar-refractivity contribution in [3.05, 3.63) is 92.3 Å². The van der Waals surface area contributed by atoms with E-state index in [0.29, 0.717) is 12.1 Å². The third-order valence-corrected chi connectivity index (χ3v) is 5.01. The minimum Gasteiger partial charge on any atom is -0.493 e. The van der Waals surface area contributed by atoms with E-state index in [9.17, 15) is 37.7 Å². The van der Waals surface area contributed by atoms with Crippen LogP contribution >= 0.6 is 11.6 Å². The van der Waals surface area contributed by atoms with E-state index in [-0.39, 0.29) is 33.3 Å². The molecule has 0 bridgehead atoms. The summed E-state index contributed by atoms with van der Waals surface area (Å²) in [4.78, 5) is 22.8. The third-order valence-electron chi connectivity index (χ3n) is 4.72. The zero-order chi connectivity index (χ0) is 27.3. The lowest BCUT2D eigenvalue weighted by Crippen LogP contribution is -2.13. The van der Waals surface area contributed by atoms with Crippen molar-refractivity contribution in [1.29, 1.82) is 5.26 Å². The summed E-state index contributed by atoms with van der Waals surface area (Å²) < 4.78 is 62.6. The van der Waals surface area contributed by atoms with Crippen LogP contribution in [0.15, 0.2) is 60.2 Å². The van der Waals surface area contributed by atoms with Gasteiger partial charge in [-0.3, -0.25) is 14.9 Å². The lowest BCUT2D eigenvalue weighted by molar-refractivity contribution is -0.385. The van der Waals surface area contributed by atoms with E-state index in [1.54, 1.807) is 6.07 Å². The van der Waals surface area contributed by atoms with Gasteiger partial charge in [0.2, 0.25) is 5.75 Å². The van der Waals surface area contributed by atoms with Crippen LogP contribution in [0.1, 0.15) is 11.1 Å². The molecule has 0 aliphatic rings. The van der Waals surface area contributed by atoms with E-state index in [1.807, 2.05) is 0 Å². The first-order valence-electron chi connectivity index (χ1n) is 10.0. The van der Waals surface area contributed by atoms with E-state index in [4.69, 9.17) is 21.1 Å². The summed E-state index contributed by atoms with van der Waals surface area (Å²) in [6, 6.07) is 10.8. The SMILES string of the molecule is COc1cc(/C=C(\C#N)C(=O)Nc2ccc(F)cc2)cc(Cl)c1Oc1ccc(C(F)(F)F)cc1[N+](=O)[O-]. The van der Waals surface area contributed by atoms with Crippen LogP contribution in [-0.2, 0) is 11.0 Å². The number of nitrogens with one attached hydrogen (secondary N) is 1. The molecule has 1 amide bonds. The molecule has 0 atom stereocenters. The molecule has 3 aromatic rings. The summed E-state index contributed by atoms with van der Waals surface area (Å²) in [6.07, 6.45) is -3.65. The highest BCUT2D eigenvalue weighted by atomic mass is 35.5. The lowest BCUT2D eigenvalue weighted by atomic mass is 10.1. The minimum absolute atomic E-state index is 0.0934. The third kappa shape index (κ3) is 6.53. The van der Waals surface area contributed by atoms with Crippen LogP contribution in [0.5, 0.6) is 17.2 Å². The number of halogens is 5. The van der Waals surface area contributed by atoms with Crippen molar-refractivity contribution in [2.24, 2.45) is 0 Å². The second-order valence-corrected chi connectivity index (χ2v) is 7.61. The number of nitro benzene ring substituents is 1. The second kappa shape index (κ2) is 11.0. The molecule has 1 N–H and O–H groups in total. The van der Waals surface area contributed by atoms with Crippen molar-refractivity contribution in [2.45, 2.75) is 6.18 Å². The van der Waals surface area contributed by atoms with Crippen molar-refractivity contribution in [1.82, 2.24) is 0 Å². The molecule has 0 aliphatic carbocycles. The van der Waals surface area contributed by atoms with Gasteiger partial charge in [-0.15, -0.1) is 0 Å². The van der Waals surface area contributed by atoms with Gasteiger partial charge in [-0.2, -0.15) is 18.4 Å². The van der Waals surface area contributed by atoms with Gasteiger partial charge >= 0.3 is 11.9 Å². The molecule has 0 radical (unpaired) electrons. The number of nitrogens with zero attached hydrogens (tertiary/aromatic N) is 2. The van der Waals surface area contributed by atoms with Crippen LogP contribution in [0.2, 0.25) is 5.02 Å². The van der Waals surface area contributed by atoms with E-state index < -0.39 is 39.8 Å². The monoisotopic (exact) mass is 535 g/mol. The first-order valence-corrected chi connectivity index (χ1v) is 10.4. The maximum atomic E-state index is 13.1. The molecule has 0 aliphatic heterocycles. The Morgan fingerprint density at radius 2 is 1.81 bits per heavy atom. The van der Waals surface area contributed by atoms with E-state index in [1.165, 1.54) is 31.4 Å². The number of amides is 1. The number of ether oxygens (including phenoxy) is 2. The number of hydrogen-bond acceptors (Lipinski definition) is 6. The quantitative estimate of drug-likeness (QED) is 0.118. The summed E-state index contributed by atoms with van der Waals surface area (Å²) in [6.45, 7) is 0. The second-order valence-electron chi connectivity index (χ2n) is 7.20. The van der Waals surface area contributed by atoms with Gasteiger partial charge in [-0.25, -0.2) is 4.39 Å². The maximum Gasteiger partial charge on any atom is 0.416 e. The highest BCUT2D eigenvalue weighted by Crippen LogP contribution is 2.43. The average molecular weight is 536 g/mol. The fraction of sp³-hybridized carbons (Fsp3) is 0.0833. The predicted molar refractivity (Wildman–Crippen MR) is 125 cm³/mol. The molecular weight excluding hydrogens is 522 g/mol. The molecule has 13 heteroatoms. The van der Waals surface area contributed by atoms with Crippen molar-refractivity contribution >= 4 is 35.0 Å². The van der Waals surface area contributed by atoms with Gasteiger partial charge < -0.3 is 14.8 Å². The summed E-state index contributed by atoms with van der Waals surface area (Å²) >= 11 is 6.25. The first-order chi connectivity index (χ1) is 17.4. The number of rotatable bonds is 7. The number of hydrogen-bond donors (Lipinski definition) is 1. The van der Waals surface area contributed by atoms with Crippen molar-refractivity contribution in [2.75, 3.05) is 12.4 Å². The number of methoxy groups -OCH3 is 1. The summed E-state index contributed by atoms with van der Waals surface area (Å²) in [7, 11) is 1.21. The van der Waals surface area contributed by atoms with Gasteiger partial charge in [-0.1, -0.05) is 11.6 Å². The summed E-state index contributed by atoms with van der Waals surface area (Å²) in [5, 5.41) is 23.0. The largest absolute Gasteiger partial charge is 0.493 e. The van der Waals surface area contributed by atoms with Gasteiger partial charge in [0.25, 0.3) is 5.91 Å². The molecule has 0 spiro atoms. The van der Waals surface area contributed by atoms with Crippen LogP contribution in [0.25, 0.3) is 6.08 Å². The fourth-order valence-electron chi connectivity index (χ4n) is 3.00. The molecule has 0 heterocycles. The highest BCUT2D eigenvalue weighted by Gasteiger charge is 2.33. The number of carbonyl (C=O) groups excluding carboxylic acids is 1. The molecule has 3 rings (SSSR count). The van der Waals surface area contributed by atoms with Crippen molar-refractivity contribution < 1.29 is 36.8 Å². The Morgan fingerprint density at radius 3 is 2.38 bits per heavy atom. The predicted octanol–water partition coefficient (Wildman–Crippen LogP) is 6.75. The molecule has 8 nitrogen and oxygen atoms in total. The van der Waals surface area contributed by atoms with Gasteiger partial charge in [-0.05, 0) is 60.2 Å². The Morgan fingerprint density at radius 1 is 1.14 bits per heavy atom. The number of anilines is 1. The highest BCUT2D eigenvalue weighted by molar-refractivity contribution is 6.32. The summed E-state index contributed by atoms with van der Waals surface area (Å²) in [5.41, 5.74) is -2.12. The fourth-order valence-corrected chi connectivity index (χ4v) is 3.26. The zero-order valence-electron chi connectivity index (χ0n) is 18.6. The lowest BCUT2D eigenvalue weighted by Gasteiger charge is -2.14. The molecule has 0 unspecified atom stereocenters. The number of alkyl halides is 3. The Hall–Kier alpha value is -4.63. The van der Waals surface area contributed by atoms with Crippen LogP contribution in [0.4, 0.5) is 28.9 Å².